The molecule has 0 saturated heterocycles. The van der Waals surface area contributed by atoms with Crippen LogP contribution in [0.15, 0.2) is 61.1 Å². The Hall–Kier alpha value is -2.26. The molecule has 1 unspecified atom stereocenters. The summed E-state index contributed by atoms with van der Waals surface area (Å²) in [5.74, 6) is 0.839. The number of hydrogen-bond acceptors (Lipinski definition) is 2. The van der Waals surface area contributed by atoms with Crippen LogP contribution in [0.2, 0.25) is 5.02 Å². The fourth-order valence-electron chi connectivity index (χ4n) is 2.43. The van der Waals surface area contributed by atoms with Crippen LogP contribution in [0.5, 0.6) is 5.75 Å². The monoisotopic (exact) mass is 312 g/mol. The van der Waals surface area contributed by atoms with Crippen molar-refractivity contribution in [1.29, 1.82) is 0 Å². The maximum Gasteiger partial charge on any atom is 0.129 e. The van der Waals surface area contributed by atoms with Gasteiger partial charge in [-0.25, -0.2) is 4.98 Å². The van der Waals surface area contributed by atoms with E-state index in [1.54, 1.807) is 12.5 Å². The summed E-state index contributed by atoms with van der Waals surface area (Å²) in [4.78, 5) is 7.18. The van der Waals surface area contributed by atoms with Gasteiger partial charge < -0.3 is 9.72 Å². The fourth-order valence-corrected chi connectivity index (χ4v) is 2.64. The Morgan fingerprint density at radius 1 is 1.14 bits per heavy atom. The van der Waals surface area contributed by atoms with Crippen LogP contribution >= 0.6 is 11.6 Å². The number of halogens is 1. The molecule has 1 aromatic heterocycles. The van der Waals surface area contributed by atoms with E-state index in [1.807, 2.05) is 55.5 Å². The zero-order valence-corrected chi connectivity index (χ0v) is 13.0. The van der Waals surface area contributed by atoms with Gasteiger partial charge in [-0.15, -0.1) is 0 Å². The van der Waals surface area contributed by atoms with Gasteiger partial charge in [0.1, 0.15) is 11.9 Å². The molecule has 1 atom stereocenters. The van der Waals surface area contributed by atoms with Gasteiger partial charge in [0.25, 0.3) is 0 Å². The number of nitrogens with one attached hydrogen (secondary N) is 1. The lowest BCUT2D eigenvalue weighted by atomic mass is 10.1. The van der Waals surface area contributed by atoms with Crippen molar-refractivity contribution in [2.75, 3.05) is 0 Å². The van der Waals surface area contributed by atoms with E-state index in [4.69, 9.17) is 16.3 Å². The van der Waals surface area contributed by atoms with E-state index >= 15 is 0 Å². The number of aromatic nitrogens is 2. The topological polar surface area (TPSA) is 37.9 Å². The molecule has 0 radical (unpaired) electrons. The third-order valence-electron chi connectivity index (χ3n) is 3.47. The molecule has 0 amide bonds. The van der Waals surface area contributed by atoms with Crippen LogP contribution in [0.3, 0.4) is 0 Å². The molecule has 22 heavy (non-hydrogen) atoms. The minimum absolute atomic E-state index is 0.0176. The summed E-state index contributed by atoms with van der Waals surface area (Å²) >= 11 is 6.21. The summed E-state index contributed by atoms with van der Waals surface area (Å²) in [7, 11) is 0. The molecular weight excluding hydrogens is 296 g/mol. The molecular formula is C18H17ClN2O. The van der Waals surface area contributed by atoms with Crippen LogP contribution in [-0.4, -0.2) is 16.1 Å². The second-order valence-electron chi connectivity index (χ2n) is 5.19. The molecule has 0 saturated carbocycles. The average Bonchev–Trinajstić information content (AvgIpc) is 3.04. The average molecular weight is 313 g/mol. The summed E-state index contributed by atoms with van der Waals surface area (Å²) in [6, 6.07) is 15.8. The van der Waals surface area contributed by atoms with Gasteiger partial charge in [-0.1, -0.05) is 41.9 Å². The lowest BCUT2D eigenvalue weighted by Crippen LogP contribution is -2.15. The molecule has 1 heterocycles. The zero-order valence-electron chi connectivity index (χ0n) is 12.3. The Morgan fingerprint density at radius 3 is 2.68 bits per heavy atom. The van der Waals surface area contributed by atoms with Gasteiger partial charge in [0, 0.05) is 17.0 Å². The standard InChI is InChI=1S/C18H17ClN2O/c1-13(10-14-6-2-4-8-16(14)19)22-18-9-5-3-7-15(18)17-11-20-12-21-17/h2-9,11-13H,10H2,1H3,(H,20,21). The van der Waals surface area contributed by atoms with Gasteiger partial charge in [0.2, 0.25) is 0 Å². The van der Waals surface area contributed by atoms with Crippen molar-refractivity contribution in [3.63, 3.8) is 0 Å². The molecule has 0 fully saturated rings. The van der Waals surface area contributed by atoms with Gasteiger partial charge in [-0.3, -0.25) is 0 Å². The second-order valence-corrected chi connectivity index (χ2v) is 5.59. The molecule has 112 valence electrons. The smallest absolute Gasteiger partial charge is 0.129 e. The van der Waals surface area contributed by atoms with Crippen molar-refractivity contribution < 1.29 is 4.74 Å². The van der Waals surface area contributed by atoms with Crippen LogP contribution < -0.4 is 4.74 Å². The quantitative estimate of drug-likeness (QED) is 0.739. The number of rotatable bonds is 5. The van der Waals surface area contributed by atoms with E-state index in [1.165, 1.54) is 0 Å². The van der Waals surface area contributed by atoms with Crippen LogP contribution in [0.1, 0.15) is 12.5 Å². The highest BCUT2D eigenvalue weighted by Gasteiger charge is 2.12. The van der Waals surface area contributed by atoms with Crippen molar-refractivity contribution in [3.8, 4) is 17.0 Å². The van der Waals surface area contributed by atoms with Crippen LogP contribution in [0, 0.1) is 0 Å². The highest BCUT2D eigenvalue weighted by atomic mass is 35.5. The molecule has 2 aromatic carbocycles. The molecule has 1 N–H and O–H groups in total. The highest BCUT2D eigenvalue weighted by Crippen LogP contribution is 2.29. The van der Waals surface area contributed by atoms with E-state index in [9.17, 15) is 0 Å². The third kappa shape index (κ3) is 3.31. The summed E-state index contributed by atoms with van der Waals surface area (Å²) in [5, 5.41) is 0.778. The summed E-state index contributed by atoms with van der Waals surface area (Å²) in [6.07, 6.45) is 4.24. The Kier molecular flexibility index (Phi) is 4.45. The minimum Gasteiger partial charge on any atom is -0.490 e. The van der Waals surface area contributed by atoms with Gasteiger partial charge in [0.15, 0.2) is 0 Å². The SMILES string of the molecule is CC(Cc1ccccc1Cl)Oc1ccccc1-c1cnc[nH]1. The first kappa shape index (κ1) is 14.7. The normalized spacial score (nSPS) is 12.1. The first-order chi connectivity index (χ1) is 10.7. The van der Waals surface area contributed by atoms with Crippen LogP contribution in [0.25, 0.3) is 11.3 Å². The molecule has 3 rings (SSSR count). The number of nitrogens with zero attached hydrogens (tertiary/aromatic N) is 1. The van der Waals surface area contributed by atoms with Gasteiger partial charge in [-0.05, 0) is 30.7 Å². The first-order valence-corrected chi connectivity index (χ1v) is 7.59. The van der Waals surface area contributed by atoms with E-state index in [0.29, 0.717) is 0 Å². The number of ether oxygens (including phenoxy) is 1. The van der Waals surface area contributed by atoms with Crippen molar-refractivity contribution in [2.24, 2.45) is 0 Å². The Bertz CT molecular complexity index is 740. The Balaban J connectivity index is 1.78. The highest BCUT2D eigenvalue weighted by molar-refractivity contribution is 6.31. The van der Waals surface area contributed by atoms with E-state index in [-0.39, 0.29) is 6.10 Å². The predicted octanol–water partition coefficient (Wildman–Crippen LogP) is 4.74. The molecule has 3 aromatic rings. The second kappa shape index (κ2) is 6.67. The van der Waals surface area contributed by atoms with Crippen molar-refractivity contribution in [1.82, 2.24) is 9.97 Å². The Morgan fingerprint density at radius 2 is 1.91 bits per heavy atom. The number of benzene rings is 2. The summed E-state index contributed by atoms with van der Waals surface area (Å²) in [5.41, 5.74) is 3.04. The van der Waals surface area contributed by atoms with Crippen LogP contribution in [0.4, 0.5) is 0 Å². The predicted molar refractivity (Wildman–Crippen MR) is 89.3 cm³/mol. The molecule has 0 aliphatic heterocycles. The zero-order chi connectivity index (χ0) is 15.4. The van der Waals surface area contributed by atoms with Crippen molar-refractivity contribution >= 4 is 11.6 Å². The van der Waals surface area contributed by atoms with E-state index in [0.717, 1.165) is 34.0 Å². The molecule has 4 heteroatoms. The van der Waals surface area contributed by atoms with E-state index in [2.05, 4.69) is 9.97 Å². The molecule has 0 bridgehead atoms. The fraction of sp³-hybridized carbons (Fsp3) is 0.167. The van der Waals surface area contributed by atoms with Crippen molar-refractivity contribution in [3.05, 3.63) is 71.6 Å². The molecule has 0 aliphatic rings. The van der Waals surface area contributed by atoms with Crippen molar-refractivity contribution in [2.45, 2.75) is 19.4 Å². The molecule has 0 spiro atoms. The molecule has 3 nitrogen and oxygen atoms in total. The lowest BCUT2D eigenvalue weighted by molar-refractivity contribution is 0.223. The molecule has 0 aliphatic carbocycles. The number of para-hydroxylation sites is 1. The number of aromatic amines is 1. The Labute approximate surface area is 134 Å². The maximum absolute atomic E-state index is 6.21. The van der Waals surface area contributed by atoms with Gasteiger partial charge in [0.05, 0.1) is 18.2 Å². The summed E-state index contributed by atoms with van der Waals surface area (Å²) in [6.45, 7) is 2.05. The minimum atomic E-state index is 0.0176. The van der Waals surface area contributed by atoms with Gasteiger partial charge in [-0.2, -0.15) is 0 Å². The number of H-pyrrole nitrogens is 1. The summed E-state index contributed by atoms with van der Waals surface area (Å²) < 4.78 is 6.12. The van der Waals surface area contributed by atoms with Crippen LogP contribution in [-0.2, 0) is 6.42 Å². The maximum atomic E-state index is 6.21. The lowest BCUT2D eigenvalue weighted by Gasteiger charge is -2.17. The largest absolute Gasteiger partial charge is 0.490 e. The number of hydrogen-bond donors (Lipinski definition) is 1. The first-order valence-electron chi connectivity index (χ1n) is 7.22. The number of imidazole rings is 1. The third-order valence-corrected chi connectivity index (χ3v) is 3.84. The van der Waals surface area contributed by atoms with Gasteiger partial charge >= 0.3 is 0 Å². The van der Waals surface area contributed by atoms with E-state index < -0.39 is 0 Å².